The summed E-state index contributed by atoms with van der Waals surface area (Å²) in [7, 11) is 1.96. The average molecular weight is 201 g/mol. The Balaban J connectivity index is 2.06. The first kappa shape index (κ1) is 11.1. The predicted octanol–water partition coefficient (Wildman–Crippen LogP) is 1.67. The van der Waals surface area contributed by atoms with E-state index in [9.17, 15) is 0 Å². The Morgan fingerprint density at radius 2 is 2.23 bits per heavy atom. The van der Waals surface area contributed by atoms with Crippen LogP contribution in [0.4, 0.5) is 0 Å². The molecule has 1 heterocycles. The number of likely N-dealkylation sites (N-methyl/N-ethyl adjacent to an activating group) is 1. The van der Waals surface area contributed by atoms with Crippen molar-refractivity contribution in [3.05, 3.63) is 12.2 Å². The van der Waals surface area contributed by atoms with Crippen LogP contribution in [0.15, 0.2) is 12.2 Å². The van der Waals surface area contributed by atoms with Crippen molar-refractivity contribution < 1.29 is 4.74 Å². The Kier molecular flexibility index (Phi) is 5.51. The van der Waals surface area contributed by atoms with Gasteiger partial charge in [-0.25, -0.2) is 0 Å². The van der Waals surface area contributed by atoms with Crippen LogP contribution in [0.3, 0.4) is 0 Å². The molecule has 0 saturated carbocycles. The van der Waals surface area contributed by atoms with Crippen LogP contribution in [-0.4, -0.2) is 37.8 Å². The molecule has 0 bridgehead atoms. The summed E-state index contributed by atoms with van der Waals surface area (Å²) < 4.78 is 5.31. The summed E-state index contributed by atoms with van der Waals surface area (Å²) in [5.41, 5.74) is 1.29. The Hall–Kier alpha value is 0.01000. The first-order chi connectivity index (χ1) is 6.33. The molecule has 0 spiro atoms. The van der Waals surface area contributed by atoms with Crippen LogP contribution in [0.2, 0.25) is 0 Å². The molecule has 0 aromatic heterocycles. The average Bonchev–Trinajstić information content (AvgIpc) is 2.17. The minimum atomic E-state index is 0.794. The monoisotopic (exact) mass is 201 g/mol. The zero-order chi connectivity index (χ0) is 9.52. The second kappa shape index (κ2) is 6.46. The molecule has 0 aromatic rings. The standard InChI is InChI=1S/C10H19NOS/c1-9(7-11-2)8-13-10-3-5-12-6-4-10/h10-11H,1,3-8H2,2H3. The molecule has 1 aliphatic heterocycles. The highest BCUT2D eigenvalue weighted by Gasteiger charge is 2.13. The molecule has 1 saturated heterocycles. The van der Waals surface area contributed by atoms with Crippen molar-refractivity contribution in [2.75, 3.05) is 32.6 Å². The molecule has 1 N–H and O–H groups in total. The van der Waals surface area contributed by atoms with Crippen LogP contribution in [0.1, 0.15) is 12.8 Å². The zero-order valence-corrected chi connectivity index (χ0v) is 9.16. The molecule has 0 atom stereocenters. The van der Waals surface area contributed by atoms with Gasteiger partial charge in [0.1, 0.15) is 0 Å². The van der Waals surface area contributed by atoms with Gasteiger partial charge in [-0.05, 0) is 19.9 Å². The van der Waals surface area contributed by atoms with E-state index in [0.717, 1.165) is 30.8 Å². The van der Waals surface area contributed by atoms with E-state index in [-0.39, 0.29) is 0 Å². The molecule has 13 heavy (non-hydrogen) atoms. The number of thioether (sulfide) groups is 1. The summed E-state index contributed by atoms with van der Waals surface area (Å²) in [5.74, 6) is 1.09. The first-order valence-corrected chi connectivity index (χ1v) is 5.88. The summed E-state index contributed by atoms with van der Waals surface area (Å²) in [4.78, 5) is 0. The highest BCUT2D eigenvalue weighted by Crippen LogP contribution is 2.23. The maximum absolute atomic E-state index is 5.31. The largest absolute Gasteiger partial charge is 0.381 e. The van der Waals surface area contributed by atoms with E-state index >= 15 is 0 Å². The van der Waals surface area contributed by atoms with Gasteiger partial charge in [0.25, 0.3) is 0 Å². The van der Waals surface area contributed by atoms with Crippen LogP contribution in [0.25, 0.3) is 0 Å². The maximum atomic E-state index is 5.31. The van der Waals surface area contributed by atoms with Gasteiger partial charge in [0.2, 0.25) is 0 Å². The Labute approximate surface area is 85.1 Å². The number of ether oxygens (including phenoxy) is 1. The van der Waals surface area contributed by atoms with Crippen LogP contribution in [0, 0.1) is 0 Å². The van der Waals surface area contributed by atoms with Gasteiger partial charge in [-0.1, -0.05) is 12.2 Å². The van der Waals surface area contributed by atoms with Crippen molar-refractivity contribution in [1.29, 1.82) is 0 Å². The Morgan fingerprint density at radius 3 is 2.85 bits per heavy atom. The van der Waals surface area contributed by atoms with E-state index in [0.29, 0.717) is 0 Å². The molecule has 1 rings (SSSR count). The van der Waals surface area contributed by atoms with Gasteiger partial charge in [0.05, 0.1) is 0 Å². The third-order valence-electron chi connectivity index (χ3n) is 2.12. The van der Waals surface area contributed by atoms with E-state index in [4.69, 9.17) is 4.74 Å². The highest BCUT2D eigenvalue weighted by atomic mass is 32.2. The summed E-state index contributed by atoms with van der Waals surface area (Å²) >= 11 is 2.03. The van der Waals surface area contributed by atoms with Crippen molar-refractivity contribution in [2.45, 2.75) is 18.1 Å². The lowest BCUT2D eigenvalue weighted by atomic mass is 10.2. The van der Waals surface area contributed by atoms with E-state index in [1.807, 2.05) is 18.8 Å². The number of rotatable bonds is 5. The first-order valence-electron chi connectivity index (χ1n) is 4.83. The second-order valence-corrected chi connectivity index (χ2v) is 4.69. The minimum absolute atomic E-state index is 0.794. The lowest BCUT2D eigenvalue weighted by Crippen LogP contribution is -2.19. The predicted molar refractivity (Wildman–Crippen MR) is 59.4 cm³/mol. The molecule has 3 heteroatoms. The Bertz CT molecular complexity index is 155. The van der Waals surface area contributed by atoms with Gasteiger partial charge >= 0.3 is 0 Å². The molecular weight excluding hydrogens is 182 g/mol. The molecule has 0 unspecified atom stereocenters. The molecule has 0 radical (unpaired) electrons. The zero-order valence-electron chi connectivity index (χ0n) is 8.34. The van der Waals surface area contributed by atoms with Gasteiger partial charge in [0.15, 0.2) is 0 Å². The fourth-order valence-corrected chi connectivity index (χ4v) is 2.48. The van der Waals surface area contributed by atoms with Crippen molar-refractivity contribution in [2.24, 2.45) is 0 Å². The molecule has 1 aliphatic rings. The molecular formula is C10H19NOS. The minimum Gasteiger partial charge on any atom is -0.381 e. The summed E-state index contributed by atoms with van der Waals surface area (Å²) in [6.45, 7) is 6.84. The smallest absolute Gasteiger partial charge is 0.0476 e. The fraction of sp³-hybridized carbons (Fsp3) is 0.800. The Morgan fingerprint density at radius 1 is 1.54 bits per heavy atom. The number of nitrogens with one attached hydrogen (secondary N) is 1. The SMILES string of the molecule is C=C(CNC)CSC1CCOCC1. The summed E-state index contributed by atoms with van der Waals surface area (Å²) in [5, 5.41) is 3.91. The van der Waals surface area contributed by atoms with E-state index in [2.05, 4.69) is 11.9 Å². The lowest BCUT2D eigenvalue weighted by Gasteiger charge is -2.21. The van der Waals surface area contributed by atoms with Gasteiger partial charge < -0.3 is 10.1 Å². The van der Waals surface area contributed by atoms with Gasteiger partial charge in [-0.2, -0.15) is 11.8 Å². The van der Waals surface area contributed by atoms with Gasteiger partial charge in [-0.3, -0.25) is 0 Å². The summed E-state index contributed by atoms with van der Waals surface area (Å²) in [6, 6.07) is 0. The van der Waals surface area contributed by atoms with Gasteiger partial charge in [-0.15, -0.1) is 0 Å². The molecule has 2 nitrogen and oxygen atoms in total. The number of hydrogen-bond acceptors (Lipinski definition) is 3. The van der Waals surface area contributed by atoms with Gasteiger partial charge in [0, 0.05) is 30.8 Å². The molecule has 0 aliphatic carbocycles. The quantitative estimate of drug-likeness (QED) is 0.684. The van der Waals surface area contributed by atoms with E-state index in [1.54, 1.807) is 0 Å². The van der Waals surface area contributed by atoms with Crippen molar-refractivity contribution >= 4 is 11.8 Å². The maximum Gasteiger partial charge on any atom is 0.0476 e. The number of hydrogen-bond donors (Lipinski definition) is 1. The second-order valence-electron chi connectivity index (χ2n) is 3.40. The van der Waals surface area contributed by atoms with Crippen LogP contribution in [-0.2, 0) is 4.74 Å². The van der Waals surface area contributed by atoms with E-state index < -0.39 is 0 Å². The van der Waals surface area contributed by atoms with Crippen molar-refractivity contribution in [3.8, 4) is 0 Å². The van der Waals surface area contributed by atoms with Crippen LogP contribution in [0.5, 0.6) is 0 Å². The van der Waals surface area contributed by atoms with Crippen molar-refractivity contribution in [3.63, 3.8) is 0 Å². The highest BCUT2D eigenvalue weighted by molar-refractivity contribution is 8.00. The molecule has 0 aromatic carbocycles. The van der Waals surface area contributed by atoms with Crippen LogP contribution >= 0.6 is 11.8 Å². The van der Waals surface area contributed by atoms with E-state index in [1.165, 1.54) is 18.4 Å². The summed E-state index contributed by atoms with van der Waals surface area (Å²) in [6.07, 6.45) is 2.41. The third-order valence-corrected chi connectivity index (χ3v) is 3.64. The molecule has 76 valence electrons. The lowest BCUT2D eigenvalue weighted by molar-refractivity contribution is 0.100. The molecule has 1 fully saturated rings. The van der Waals surface area contributed by atoms with Crippen LogP contribution < -0.4 is 5.32 Å². The normalized spacial score (nSPS) is 18.8. The third kappa shape index (κ3) is 4.69. The topological polar surface area (TPSA) is 21.3 Å². The van der Waals surface area contributed by atoms with Crippen molar-refractivity contribution in [1.82, 2.24) is 5.32 Å². The fourth-order valence-electron chi connectivity index (χ4n) is 1.38. The molecule has 0 amide bonds.